The van der Waals surface area contributed by atoms with E-state index in [1.807, 2.05) is 0 Å². The van der Waals surface area contributed by atoms with Gasteiger partial charge >= 0.3 is 0 Å². The number of nitrogens with two attached hydrogens (primary N) is 1. The molecule has 4 heteroatoms. The first-order valence-corrected chi connectivity index (χ1v) is 4.14. The highest BCUT2D eigenvalue weighted by molar-refractivity contribution is 9.10. The summed E-state index contributed by atoms with van der Waals surface area (Å²) in [4.78, 5) is 0. The second-order valence-corrected chi connectivity index (χ2v) is 3.48. The van der Waals surface area contributed by atoms with E-state index in [2.05, 4.69) is 15.9 Å². The summed E-state index contributed by atoms with van der Waals surface area (Å²) in [5.41, 5.74) is 6.59. The van der Waals surface area contributed by atoms with Gasteiger partial charge in [0.25, 0.3) is 0 Å². The normalized spacial score (nSPS) is 10.1. The Kier molecular flexibility index (Phi) is 2.30. The van der Waals surface area contributed by atoms with Gasteiger partial charge in [-0.25, -0.2) is 0 Å². The van der Waals surface area contributed by atoms with Crippen LogP contribution in [0.4, 0.5) is 5.69 Å². The largest absolute Gasteiger partial charge is 0.506 e. The highest BCUT2D eigenvalue weighted by atomic mass is 79.9. The van der Waals surface area contributed by atoms with Crippen molar-refractivity contribution in [2.24, 2.45) is 0 Å². The van der Waals surface area contributed by atoms with E-state index in [1.54, 1.807) is 13.0 Å². The highest BCUT2D eigenvalue weighted by Crippen LogP contribution is 2.37. The number of aromatic hydroxyl groups is 1. The zero-order valence-corrected chi connectivity index (χ0v) is 8.20. The Bertz CT molecular complexity index is 275. The second-order valence-electron chi connectivity index (χ2n) is 2.25. The summed E-state index contributed by atoms with van der Waals surface area (Å²) in [6.45, 7) is 1.76. The van der Waals surface area contributed by atoms with Gasteiger partial charge in [-0.15, -0.1) is 0 Å². The van der Waals surface area contributed by atoms with E-state index in [9.17, 15) is 5.11 Å². The molecule has 0 saturated heterocycles. The number of anilines is 1. The van der Waals surface area contributed by atoms with E-state index in [0.29, 0.717) is 15.7 Å². The molecule has 2 nitrogen and oxygen atoms in total. The lowest BCUT2D eigenvalue weighted by Gasteiger charge is -2.05. The van der Waals surface area contributed by atoms with Gasteiger partial charge in [-0.1, -0.05) is 11.6 Å². The minimum atomic E-state index is 0.0485. The van der Waals surface area contributed by atoms with Gasteiger partial charge in [0.1, 0.15) is 10.8 Å². The first-order valence-electron chi connectivity index (χ1n) is 2.97. The molecule has 0 amide bonds. The molecule has 0 saturated carbocycles. The van der Waals surface area contributed by atoms with E-state index in [4.69, 9.17) is 17.3 Å². The minimum absolute atomic E-state index is 0.0485. The number of halogens is 2. The fraction of sp³-hybridized carbons (Fsp3) is 0.143. The molecule has 0 atom stereocenters. The number of benzene rings is 1. The minimum Gasteiger partial charge on any atom is -0.506 e. The number of hydrogen-bond donors (Lipinski definition) is 2. The molecule has 0 unspecified atom stereocenters. The highest BCUT2D eigenvalue weighted by Gasteiger charge is 2.08. The molecule has 1 rings (SSSR count). The number of rotatable bonds is 0. The topological polar surface area (TPSA) is 46.2 Å². The van der Waals surface area contributed by atoms with E-state index in [1.165, 1.54) is 0 Å². The van der Waals surface area contributed by atoms with Crippen molar-refractivity contribution < 1.29 is 5.11 Å². The van der Waals surface area contributed by atoms with Gasteiger partial charge < -0.3 is 10.8 Å². The molecule has 11 heavy (non-hydrogen) atoms. The maximum atomic E-state index is 9.28. The average molecular weight is 236 g/mol. The standard InChI is InChI=1S/C7H7BrClNO/c1-3-2-4(8)6(10)5(9)7(3)11/h2,11H,10H2,1H3. The van der Waals surface area contributed by atoms with Crippen LogP contribution in [0.1, 0.15) is 5.56 Å². The Hall–Kier alpha value is -0.410. The van der Waals surface area contributed by atoms with Crippen LogP contribution in [0.3, 0.4) is 0 Å². The summed E-state index contributed by atoms with van der Waals surface area (Å²) in [6.07, 6.45) is 0. The van der Waals surface area contributed by atoms with Crippen molar-refractivity contribution in [3.05, 3.63) is 21.1 Å². The number of hydrogen-bond acceptors (Lipinski definition) is 2. The van der Waals surface area contributed by atoms with Crippen LogP contribution in [-0.2, 0) is 0 Å². The van der Waals surface area contributed by atoms with Crippen molar-refractivity contribution in [2.45, 2.75) is 6.92 Å². The molecule has 0 radical (unpaired) electrons. The molecule has 0 aliphatic rings. The van der Waals surface area contributed by atoms with Crippen molar-refractivity contribution in [1.82, 2.24) is 0 Å². The lowest BCUT2D eigenvalue weighted by atomic mass is 10.2. The Morgan fingerprint density at radius 3 is 2.73 bits per heavy atom. The van der Waals surface area contributed by atoms with Gasteiger partial charge in [0.15, 0.2) is 0 Å². The molecule has 0 heterocycles. The van der Waals surface area contributed by atoms with Gasteiger partial charge in [0.05, 0.1) is 5.69 Å². The Morgan fingerprint density at radius 2 is 2.18 bits per heavy atom. The van der Waals surface area contributed by atoms with Crippen LogP contribution in [0, 0.1) is 6.92 Å². The van der Waals surface area contributed by atoms with Crippen LogP contribution in [-0.4, -0.2) is 5.11 Å². The van der Waals surface area contributed by atoms with Crippen LogP contribution in [0.2, 0.25) is 5.02 Å². The van der Waals surface area contributed by atoms with Crippen molar-refractivity contribution in [3.8, 4) is 5.75 Å². The average Bonchev–Trinajstić information content (AvgIpc) is 1.97. The summed E-state index contributed by atoms with van der Waals surface area (Å²) in [5.74, 6) is 0.0485. The van der Waals surface area contributed by atoms with Crippen LogP contribution >= 0.6 is 27.5 Å². The van der Waals surface area contributed by atoms with E-state index in [0.717, 1.165) is 0 Å². The van der Waals surface area contributed by atoms with Crippen molar-refractivity contribution in [1.29, 1.82) is 0 Å². The molecule has 1 aromatic carbocycles. The predicted molar refractivity (Wildman–Crippen MR) is 50.0 cm³/mol. The molecule has 1 aromatic rings. The monoisotopic (exact) mass is 235 g/mol. The molecule has 0 spiro atoms. The predicted octanol–water partition coefficient (Wildman–Crippen LogP) is 2.70. The molecule has 0 aromatic heterocycles. The molecule has 0 fully saturated rings. The molecular weight excluding hydrogens is 229 g/mol. The van der Waals surface area contributed by atoms with Gasteiger partial charge in [0, 0.05) is 4.47 Å². The number of nitrogen functional groups attached to an aromatic ring is 1. The first-order chi connectivity index (χ1) is 5.04. The van der Waals surface area contributed by atoms with Gasteiger partial charge in [-0.3, -0.25) is 0 Å². The van der Waals surface area contributed by atoms with Crippen LogP contribution in [0.25, 0.3) is 0 Å². The SMILES string of the molecule is Cc1cc(Br)c(N)c(Cl)c1O. The lowest BCUT2D eigenvalue weighted by molar-refractivity contribution is 0.471. The van der Waals surface area contributed by atoms with Crippen LogP contribution in [0.15, 0.2) is 10.5 Å². The Balaban J connectivity index is 3.46. The Labute approximate surface area is 78.1 Å². The van der Waals surface area contributed by atoms with Crippen molar-refractivity contribution >= 4 is 33.2 Å². The zero-order chi connectivity index (χ0) is 8.59. The third kappa shape index (κ3) is 1.44. The van der Waals surface area contributed by atoms with Crippen molar-refractivity contribution in [2.75, 3.05) is 5.73 Å². The molecule has 0 bridgehead atoms. The van der Waals surface area contributed by atoms with E-state index >= 15 is 0 Å². The first kappa shape index (κ1) is 8.68. The van der Waals surface area contributed by atoms with Gasteiger partial charge in [0.2, 0.25) is 0 Å². The van der Waals surface area contributed by atoms with E-state index < -0.39 is 0 Å². The number of phenolic OH excluding ortho intramolecular Hbond substituents is 1. The summed E-state index contributed by atoms with van der Waals surface area (Å²) in [6, 6.07) is 1.72. The molecule has 0 aliphatic carbocycles. The molecular formula is C7H7BrClNO. The molecule has 0 aliphatic heterocycles. The summed E-state index contributed by atoms with van der Waals surface area (Å²) < 4.78 is 0.706. The Morgan fingerprint density at radius 1 is 1.64 bits per heavy atom. The zero-order valence-electron chi connectivity index (χ0n) is 5.86. The summed E-state index contributed by atoms with van der Waals surface area (Å²) >= 11 is 8.89. The van der Waals surface area contributed by atoms with Crippen molar-refractivity contribution in [3.63, 3.8) is 0 Å². The van der Waals surface area contributed by atoms with E-state index in [-0.39, 0.29) is 10.8 Å². The van der Waals surface area contributed by atoms with Crippen LogP contribution < -0.4 is 5.73 Å². The number of aryl methyl sites for hydroxylation is 1. The fourth-order valence-corrected chi connectivity index (χ4v) is 1.65. The third-order valence-electron chi connectivity index (χ3n) is 1.42. The maximum absolute atomic E-state index is 9.28. The summed E-state index contributed by atoms with van der Waals surface area (Å²) in [5, 5.41) is 9.48. The molecule has 3 N–H and O–H groups in total. The third-order valence-corrected chi connectivity index (χ3v) is 2.46. The van der Waals surface area contributed by atoms with Crippen LogP contribution in [0.5, 0.6) is 5.75 Å². The lowest BCUT2D eigenvalue weighted by Crippen LogP contribution is -1.89. The summed E-state index contributed by atoms with van der Waals surface area (Å²) in [7, 11) is 0. The van der Waals surface area contributed by atoms with Gasteiger partial charge in [-0.05, 0) is 34.5 Å². The maximum Gasteiger partial charge on any atom is 0.139 e. The fourth-order valence-electron chi connectivity index (χ4n) is 0.742. The number of phenols is 1. The quantitative estimate of drug-likeness (QED) is 0.680. The molecule has 60 valence electrons. The second kappa shape index (κ2) is 2.91. The smallest absolute Gasteiger partial charge is 0.139 e. The van der Waals surface area contributed by atoms with Gasteiger partial charge in [-0.2, -0.15) is 0 Å².